The quantitative estimate of drug-likeness (QED) is 0.838. The number of nitrogens with zero attached hydrogens (tertiary/aromatic N) is 2. The van der Waals surface area contributed by atoms with Crippen LogP contribution in [0.1, 0.15) is 20.3 Å². The lowest BCUT2D eigenvalue weighted by molar-refractivity contribution is 0.560. The summed E-state index contributed by atoms with van der Waals surface area (Å²) in [6.45, 7) is 5.50. The number of pyridine rings is 1. The van der Waals surface area contributed by atoms with Crippen molar-refractivity contribution in [3.05, 3.63) is 30.6 Å². The van der Waals surface area contributed by atoms with E-state index in [9.17, 15) is 0 Å². The molecule has 0 spiro atoms. The van der Waals surface area contributed by atoms with E-state index >= 15 is 0 Å². The second-order valence-corrected chi connectivity index (χ2v) is 4.99. The molecule has 18 heavy (non-hydrogen) atoms. The number of anilines is 2. The lowest BCUT2D eigenvalue weighted by atomic mass is 10.1. The average molecular weight is 243 g/mol. The van der Waals surface area contributed by atoms with Gasteiger partial charge in [-0.05, 0) is 18.1 Å². The van der Waals surface area contributed by atoms with Crippen molar-refractivity contribution >= 4 is 22.1 Å². The molecule has 0 fully saturated rings. The molecule has 0 aliphatic carbocycles. The standard InChI is InChI=1S/C15H21N3/c1-4-11(2)10-18(3)14-6-5-12-9-17-8-7-13(12)15(14)16/h5-9,11H,4,10,16H2,1-3H3. The number of hydrogen-bond donors (Lipinski definition) is 1. The number of aromatic nitrogens is 1. The first kappa shape index (κ1) is 12.7. The fourth-order valence-electron chi connectivity index (χ4n) is 2.21. The summed E-state index contributed by atoms with van der Waals surface area (Å²) in [4.78, 5) is 6.36. The van der Waals surface area contributed by atoms with Crippen LogP contribution in [-0.4, -0.2) is 18.6 Å². The Balaban J connectivity index is 2.36. The lowest BCUT2D eigenvalue weighted by Crippen LogP contribution is -2.24. The molecule has 1 heterocycles. The molecule has 2 aromatic rings. The number of benzene rings is 1. The van der Waals surface area contributed by atoms with Crippen LogP contribution in [0.2, 0.25) is 0 Å². The van der Waals surface area contributed by atoms with Crippen LogP contribution in [0.3, 0.4) is 0 Å². The number of nitrogens with two attached hydrogens (primary N) is 1. The van der Waals surface area contributed by atoms with Gasteiger partial charge in [-0.1, -0.05) is 26.3 Å². The largest absolute Gasteiger partial charge is 0.397 e. The Morgan fingerprint density at radius 3 is 2.83 bits per heavy atom. The second-order valence-electron chi connectivity index (χ2n) is 4.99. The minimum Gasteiger partial charge on any atom is -0.397 e. The highest BCUT2D eigenvalue weighted by Crippen LogP contribution is 2.30. The third-order valence-electron chi connectivity index (χ3n) is 3.53. The van der Waals surface area contributed by atoms with Crippen LogP contribution < -0.4 is 10.6 Å². The van der Waals surface area contributed by atoms with E-state index in [0.717, 1.165) is 28.7 Å². The molecule has 1 atom stereocenters. The van der Waals surface area contributed by atoms with Crippen LogP contribution >= 0.6 is 0 Å². The van der Waals surface area contributed by atoms with E-state index < -0.39 is 0 Å². The molecule has 0 aliphatic rings. The minimum absolute atomic E-state index is 0.669. The second kappa shape index (κ2) is 5.25. The van der Waals surface area contributed by atoms with Gasteiger partial charge in [0, 0.05) is 36.8 Å². The molecule has 1 aromatic heterocycles. The summed E-state index contributed by atoms with van der Waals surface area (Å²) in [5, 5.41) is 2.18. The van der Waals surface area contributed by atoms with Gasteiger partial charge in [-0.3, -0.25) is 4.98 Å². The van der Waals surface area contributed by atoms with Gasteiger partial charge in [-0.15, -0.1) is 0 Å². The Morgan fingerprint density at radius 2 is 2.11 bits per heavy atom. The molecule has 3 nitrogen and oxygen atoms in total. The molecular weight excluding hydrogens is 222 g/mol. The first-order valence-electron chi connectivity index (χ1n) is 6.46. The Labute approximate surface area is 109 Å². The summed E-state index contributed by atoms with van der Waals surface area (Å²) in [5.74, 6) is 0.669. The van der Waals surface area contributed by atoms with Gasteiger partial charge >= 0.3 is 0 Å². The van der Waals surface area contributed by atoms with Gasteiger partial charge in [0.2, 0.25) is 0 Å². The van der Waals surface area contributed by atoms with Crippen LogP contribution in [0.15, 0.2) is 30.6 Å². The van der Waals surface area contributed by atoms with Crippen molar-refractivity contribution in [3.63, 3.8) is 0 Å². The SMILES string of the molecule is CCC(C)CN(C)c1ccc2cnccc2c1N. The van der Waals surface area contributed by atoms with Gasteiger partial charge in [-0.25, -0.2) is 0 Å². The molecular formula is C15H21N3. The number of rotatable bonds is 4. The average Bonchev–Trinajstić information content (AvgIpc) is 2.39. The highest BCUT2D eigenvalue weighted by Gasteiger charge is 2.10. The van der Waals surface area contributed by atoms with E-state index in [1.54, 1.807) is 6.20 Å². The molecule has 0 saturated carbocycles. The summed E-state index contributed by atoms with van der Waals surface area (Å²) < 4.78 is 0. The van der Waals surface area contributed by atoms with Crippen molar-refractivity contribution in [2.24, 2.45) is 5.92 Å². The first-order chi connectivity index (χ1) is 8.63. The summed E-state index contributed by atoms with van der Waals surface area (Å²) in [6.07, 6.45) is 4.82. The summed E-state index contributed by atoms with van der Waals surface area (Å²) in [5.41, 5.74) is 8.22. The van der Waals surface area contributed by atoms with Gasteiger partial charge < -0.3 is 10.6 Å². The van der Waals surface area contributed by atoms with E-state index in [2.05, 4.69) is 42.9 Å². The topological polar surface area (TPSA) is 42.2 Å². The third-order valence-corrected chi connectivity index (χ3v) is 3.53. The van der Waals surface area contributed by atoms with E-state index in [4.69, 9.17) is 5.73 Å². The molecule has 0 amide bonds. The molecule has 1 aromatic carbocycles. The van der Waals surface area contributed by atoms with Crippen LogP contribution in [0.25, 0.3) is 10.8 Å². The fourth-order valence-corrected chi connectivity index (χ4v) is 2.21. The summed E-state index contributed by atoms with van der Waals surface area (Å²) >= 11 is 0. The van der Waals surface area contributed by atoms with Crippen LogP contribution in [0, 0.1) is 5.92 Å². The van der Waals surface area contributed by atoms with Crippen LogP contribution in [0.4, 0.5) is 11.4 Å². The maximum absolute atomic E-state index is 6.27. The van der Waals surface area contributed by atoms with Crippen molar-refractivity contribution in [1.82, 2.24) is 4.98 Å². The van der Waals surface area contributed by atoms with E-state index in [-0.39, 0.29) is 0 Å². The molecule has 2 rings (SSSR count). The fraction of sp³-hybridized carbons (Fsp3) is 0.400. The van der Waals surface area contributed by atoms with E-state index in [1.807, 2.05) is 12.3 Å². The predicted octanol–water partition coefficient (Wildman–Crippen LogP) is 3.30. The molecule has 3 heteroatoms. The molecule has 0 bridgehead atoms. The number of fused-ring (bicyclic) bond motifs is 1. The number of nitrogen functional groups attached to an aromatic ring is 1. The predicted molar refractivity (Wildman–Crippen MR) is 78.9 cm³/mol. The Kier molecular flexibility index (Phi) is 3.70. The van der Waals surface area contributed by atoms with Gasteiger partial charge in [0.1, 0.15) is 0 Å². The third kappa shape index (κ3) is 2.40. The van der Waals surface area contributed by atoms with Crippen LogP contribution in [0.5, 0.6) is 0 Å². The maximum Gasteiger partial charge on any atom is 0.0632 e. The maximum atomic E-state index is 6.27. The zero-order chi connectivity index (χ0) is 13.1. The van der Waals surface area contributed by atoms with Crippen LogP contribution in [-0.2, 0) is 0 Å². The first-order valence-corrected chi connectivity index (χ1v) is 6.46. The van der Waals surface area contributed by atoms with E-state index in [1.165, 1.54) is 6.42 Å². The Bertz CT molecular complexity index is 536. The normalized spacial score (nSPS) is 12.6. The highest BCUT2D eigenvalue weighted by molar-refractivity contribution is 5.98. The van der Waals surface area contributed by atoms with Crippen molar-refractivity contribution in [2.45, 2.75) is 20.3 Å². The smallest absolute Gasteiger partial charge is 0.0632 e. The van der Waals surface area contributed by atoms with Crippen molar-refractivity contribution < 1.29 is 0 Å². The molecule has 1 unspecified atom stereocenters. The zero-order valence-electron chi connectivity index (χ0n) is 11.4. The zero-order valence-corrected chi connectivity index (χ0v) is 11.4. The van der Waals surface area contributed by atoms with Gasteiger partial charge in [0.15, 0.2) is 0 Å². The molecule has 0 saturated heterocycles. The summed E-state index contributed by atoms with van der Waals surface area (Å²) in [7, 11) is 2.10. The highest BCUT2D eigenvalue weighted by atomic mass is 15.1. The van der Waals surface area contributed by atoms with Crippen molar-refractivity contribution in [3.8, 4) is 0 Å². The van der Waals surface area contributed by atoms with Crippen molar-refractivity contribution in [2.75, 3.05) is 24.2 Å². The lowest BCUT2D eigenvalue weighted by Gasteiger charge is -2.24. The minimum atomic E-state index is 0.669. The molecule has 2 N–H and O–H groups in total. The monoisotopic (exact) mass is 243 g/mol. The molecule has 0 radical (unpaired) electrons. The van der Waals surface area contributed by atoms with Gasteiger partial charge in [-0.2, -0.15) is 0 Å². The Hall–Kier alpha value is -1.77. The molecule has 96 valence electrons. The number of hydrogen-bond acceptors (Lipinski definition) is 3. The van der Waals surface area contributed by atoms with Crippen molar-refractivity contribution in [1.29, 1.82) is 0 Å². The molecule has 0 aliphatic heterocycles. The van der Waals surface area contributed by atoms with Gasteiger partial charge in [0.05, 0.1) is 11.4 Å². The Morgan fingerprint density at radius 1 is 1.33 bits per heavy atom. The van der Waals surface area contributed by atoms with E-state index in [0.29, 0.717) is 5.92 Å². The van der Waals surface area contributed by atoms with Gasteiger partial charge in [0.25, 0.3) is 0 Å². The summed E-state index contributed by atoms with van der Waals surface area (Å²) in [6, 6.07) is 6.15.